The van der Waals surface area contributed by atoms with Gasteiger partial charge < -0.3 is 10.1 Å². The molecular weight excluding hydrogens is 372 g/mol. The molecule has 0 saturated carbocycles. The van der Waals surface area contributed by atoms with E-state index in [1.54, 1.807) is 30.3 Å². The second-order valence-corrected chi connectivity index (χ2v) is 8.00. The van der Waals surface area contributed by atoms with Gasteiger partial charge in [0.25, 0.3) is 0 Å². The van der Waals surface area contributed by atoms with Crippen molar-refractivity contribution >= 4 is 15.7 Å². The zero-order valence-electron chi connectivity index (χ0n) is 15.7. The Morgan fingerprint density at radius 2 is 1.46 bits per heavy atom. The minimum Gasteiger partial charge on any atom is -0.494 e. The fourth-order valence-electron chi connectivity index (χ4n) is 2.83. The molecule has 0 radical (unpaired) electrons. The van der Waals surface area contributed by atoms with E-state index in [0.717, 1.165) is 17.0 Å². The van der Waals surface area contributed by atoms with Gasteiger partial charge in [0.1, 0.15) is 5.75 Å². The van der Waals surface area contributed by atoms with Crippen molar-refractivity contribution in [3.05, 3.63) is 90.5 Å². The molecule has 3 rings (SSSR count). The maximum Gasteiger partial charge on any atom is 0.240 e. The third kappa shape index (κ3) is 5.34. The molecule has 28 heavy (non-hydrogen) atoms. The van der Waals surface area contributed by atoms with E-state index in [4.69, 9.17) is 4.74 Å². The minimum atomic E-state index is -3.58. The largest absolute Gasteiger partial charge is 0.494 e. The van der Waals surface area contributed by atoms with Crippen molar-refractivity contribution in [2.75, 3.05) is 18.5 Å². The van der Waals surface area contributed by atoms with E-state index < -0.39 is 10.0 Å². The number of anilines is 1. The second-order valence-electron chi connectivity index (χ2n) is 6.23. The van der Waals surface area contributed by atoms with E-state index in [-0.39, 0.29) is 17.5 Å². The number of rotatable bonds is 9. The molecule has 0 bridgehead atoms. The Morgan fingerprint density at radius 1 is 0.857 bits per heavy atom. The predicted octanol–water partition coefficient (Wildman–Crippen LogP) is 4.22. The van der Waals surface area contributed by atoms with Crippen LogP contribution in [0.25, 0.3) is 0 Å². The highest BCUT2D eigenvalue weighted by Gasteiger charge is 2.18. The molecule has 0 amide bonds. The van der Waals surface area contributed by atoms with Gasteiger partial charge in [0, 0.05) is 12.2 Å². The normalized spacial score (nSPS) is 12.3. The lowest BCUT2D eigenvalue weighted by molar-refractivity contribution is 0.340. The summed E-state index contributed by atoms with van der Waals surface area (Å²) in [4.78, 5) is 0.253. The van der Waals surface area contributed by atoms with Crippen molar-refractivity contribution in [2.45, 2.75) is 17.9 Å². The maximum atomic E-state index is 12.6. The third-order valence-electron chi connectivity index (χ3n) is 4.24. The van der Waals surface area contributed by atoms with Gasteiger partial charge in [0.2, 0.25) is 10.0 Å². The van der Waals surface area contributed by atoms with Gasteiger partial charge in [0.05, 0.1) is 17.5 Å². The molecule has 0 aliphatic heterocycles. The molecule has 3 aromatic rings. The van der Waals surface area contributed by atoms with Crippen LogP contribution in [0.5, 0.6) is 5.75 Å². The molecule has 0 unspecified atom stereocenters. The lowest BCUT2D eigenvalue weighted by Gasteiger charge is -2.21. The highest BCUT2D eigenvalue weighted by Crippen LogP contribution is 2.22. The van der Waals surface area contributed by atoms with Gasteiger partial charge in [-0.05, 0) is 48.9 Å². The number of hydrogen-bond donors (Lipinski definition) is 2. The molecule has 0 heterocycles. The summed E-state index contributed by atoms with van der Waals surface area (Å²) in [6, 6.07) is 25.5. The molecule has 0 aromatic heterocycles. The molecule has 3 aromatic carbocycles. The Labute approximate surface area is 166 Å². The van der Waals surface area contributed by atoms with Crippen LogP contribution in [-0.4, -0.2) is 21.6 Å². The standard InChI is InChI=1S/C22H24N2O3S/c1-2-27-20-15-13-19(14-16-20)24-22(18-9-5-3-6-10-18)17-23-28(25,26)21-11-7-4-8-12-21/h3-16,22-24H,2,17H2,1H3/t22-/m0/s1. The van der Waals surface area contributed by atoms with Crippen LogP contribution in [0.15, 0.2) is 89.8 Å². The summed E-state index contributed by atoms with van der Waals surface area (Å²) in [5.41, 5.74) is 1.88. The SMILES string of the molecule is CCOc1ccc(N[C@@H](CNS(=O)(=O)c2ccccc2)c2ccccc2)cc1. The molecular formula is C22H24N2O3S. The first-order valence-electron chi connectivity index (χ1n) is 9.17. The van der Waals surface area contributed by atoms with Crippen molar-refractivity contribution in [1.29, 1.82) is 0 Å². The van der Waals surface area contributed by atoms with Gasteiger partial charge in [-0.15, -0.1) is 0 Å². The van der Waals surface area contributed by atoms with Crippen LogP contribution >= 0.6 is 0 Å². The smallest absolute Gasteiger partial charge is 0.240 e. The van der Waals surface area contributed by atoms with E-state index in [1.807, 2.05) is 61.5 Å². The van der Waals surface area contributed by atoms with Crippen LogP contribution in [0.2, 0.25) is 0 Å². The van der Waals surface area contributed by atoms with Gasteiger partial charge in [-0.2, -0.15) is 0 Å². The lowest BCUT2D eigenvalue weighted by Crippen LogP contribution is -2.31. The Balaban J connectivity index is 1.76. The zero-order chi connectivity index (χ0) is 19.8. The third-order valence-corrected chi connectivity index (χ3v) is 5.68. The molecule has 0 saturated heterocycles. The number of sulfonamides is 1. The first kappa shape index (κ1) is 19.9. The molecule has 5 nitrogen and oxygen atoms in total. The van der Waals surface area contributed by atoms with Gasteiger partial charge in [0.15, 0.2) is 0 Å². The zero-order valence-corrected chi connectivity index (χ0v) is 16.5. The van der Waals surface area contributed by atoms with E-state index in [2.05, 4.69) is 10.0 Å². The molecule has 146 valence electrons. The van der Waals surface area contributed by atoms with Crippen LogP contribution in [0.3, 0.4) is 0 Å². The van der Waals surface area contributed by atoms with Gasteiger partial charge in [-0.1, -0.05) is 48.5 Å². The summed E-state index contributed by atoms with van der Waals surface area (Å²) in [5.74, 6) is 0.800. The topological polar surface area (TPSA) is 67.4 Å². The van der Waals surface area contributed by atoms with Crippen molar-refractivity contribution in [2.24, 2.45) is 0 Å². The Kier molecular flexibility index (Phi) is 6.68. The fraction of sp³-hybridized carbons (Fsp3) is 0.182. The van der Waals surface area contributed by atoms with Gasteiger partial charge in [-0.25, -0.2) is 13.1 Å². The molecule has 0 aliphatic rings. The molecule has 0 aliphatic carbocycles. The molecule has 2 N–H and O–H groups in total. The number of hydrogen-bond acceptors (Lipinski definition) is 4. The van der Waals surface area contributed by atoms with E-state index in [1.165, 1.54) is 0 Å². The average molecular weight is 397 g/mol. The summed E-state index contributed by atoms with van der Waals surface area (Å²) in [6.45, 7) is 2.77. The van der Waals surface area contributed by atoms with Crippen LogP contribution in [0.4, 0.5) is 5.69 Å². The number of benzene rings is 3. The quantitative estimate of drug-likeness (QED) is 0.568. The van der Waals surface area contributed by atoms with Crippen LogP contribution in [0.1, 0.15) is 18.5 Å². The lowest BCUT2D eigenvalue weighted by atomic mass is 10.1. The van der Waals surface area contributed by atoms with Crippen molar-refractivity contribution in [3.8, 4) is 5.75 Å². The van der Waals surface area contributed by atoms with E-state index in [0.29, 0.717) is 6.61 Å². The monoisotopic (exact) mass is 396 g/mol. The summed E-state index contributed by atoms with van der Waals surface area (Å²) < 4.78 is 33.3. The van der Waals surface area contributed by atoms with Gasteiger partial charge >= 0.3 is 0 Å². The molecule has 1 atom stereocenters. The fourth-order valence-corrected chi connectivity index (χ4v) is 3.90. The highest BCUT2D eigenvalue weighted by molar-refractivity contribution is 7.89. The Hall–Kier alpha value is -2.83. The Morgan fingerprint density at radius 3 is 2.07 bits per heavy atom. The molecule has 0 spiro atoms. The summed E-state index contributed by atoms with van der Waals surface area (Å²) in [5, 5.41) is 3.41. The first-order valence-corrected chi connectivity index (χ1v) is 10.7. The second kappa shape index (κ2) is 9.39. The van der Waals surface area contributed by atoms with Crippen LogP contribution < -0.4 is 14.8 Å². The number of nitrogens with one attached hydrogen (secondary N) is 2. The van der Waals surface area contributed by atoms with Crippen LogP contribution in [0, 0.1) is 0 Å². The van der Waals surface area contributed by atoms with Crippen molar-refractivity contribution in [3.63, 3.8) is 0 Å². The summed E-state index contributed by atoms with van der Waals surface area (Å²) in [7, 11) is -3.58. The van der Waals surface area contributed by atoms with E-state index >= 15 is 0 Å². The Bertz CT molecular complexity index is 960. The molecule has 0 fully saturated rings. The van der Waals surface area contributed by atoms with E-state index in [9.17, 15) is 8.42 Å². The van der Waals surface area contributed by atoms with Crippen LogP contribution in [-0.2, 0) is 10.0 Å². The van der Waals surface area contributed by atoms with Gasteiger partial charge in [-0.3, -0.25) is 0 Å². The van der Waals surface area contributed by atoms with Crippen molar-refractivity contribution in [1.82, 2.24) is 4.72 Å². The minimum absolute atomic E-state index is 0.217. The van der Waals surface area contributed by atoms with Crippen molar-refractivity contribution < 1.29 is 13.2 Å². The molecule has 6 heteroatoms. The maximum absolute atomic E-state index is 12.6. The summed E-state index contributed by atoms with van der Waals surface area (Å²) >= 11 is 0. The first-order chi connectivity index (χ1) is 13.6. The predicted molar refractivity (Wildman–Crippen MR) is 112 cm³/mol. The number of ether oxygens (including phenoxy) is 1. The average Bonchev–Trinajstić information content (AvgIpc) is 2.74. The highest BCUT2D eigenvalue weighted by atomic mass is 32.2. The summed E-state index contributed by atoms with van der Waals surface area (Å²) in [6.07, 6.45) is 0.